The molecule has 0 saturated carbocycles. The van der Waals surface area contributed by atoms with E-state index in [4.69, 9.17) is 10.2 Å². The normalized spacial score (nSPS) is 13.2. The van der Waals surface area contributed by atoms with Gasteiger partial charge in [-0.3, -0.25) is 0 Å². The second kappa shape index (κ2) is 10.8. The first kappa shape index (κ1) is 28.7. The molecule has 236 valence electrons. The Morgan fingerprint density at radius 2 is 1.06 bits per heavy atom. The molecule has 3 heteroatoms. The van der Waals surface area contributed by atoms with E-state index in [1.165, 1.54) is 66.4 Å². The Labute approximate surface area is 291 Å². The lowest BCUT2D eigenvalue weighted by Crippen LogP contribution is -2.14. The zero-order chi connectivity index (χ0) is 33.4. The van der Waals surface area contributed by atoms with Gasteiger partial charge in [-0.15, -0.1) is 10.2 Å². The first-order chi connectivity index (χ1) is 24.5. The van der Waals surface area contributed by atoms with Gasteiger partial charge in [-0.25, -0.2) is 0 Å². The van der Waals surface area contributed by atoms with Crippen molar-refractivity contribution in [1.82, 2.24) is 15.0 Å². The van der Waals surface area contributed by atoms with Crippen molar-refractivity contribution in [2.24, 2.45) is 0 Å². The summed E-state index contributed by atoms with van der Waals surface area (Å²) in [5, 5.41) is 14.5. The van der Waals surface area contributed by atoms with Crippen LogP contribution in [0, 0.1) is 0 Å². The second-order valence-electron chi connectivity index (χ2n) is 13.9. The molecule has 0 saturated heterocycles. The molecule has 0 bridgehead atoms. The molecular weight excluding hydrogens is 607 g/mol. The van der Waals surface area contributed by atoms with Gasteiger partial charge in [0.1, 0.15) is 11.0 Å². The van der Waals surface area contributed by atoms with Crippen LogP contribution in [0.5, 0.6) is 0 Å². The average molecular weight is 640 g/mol. The average Bonchev–Trinajstić information content (AvgIpc) is 3.71. The summed E-state index contributed by atoms with van der Waals surface area (Å²) in [5.74, 6) is 0. The highest BCUT2D eigenvalue weighted by Gasteiger charge is 2.35. The summed E-state index contributed by atoms with van der Waals surface area (Å²) < 4.78 is 0. The van der Waals surface area contributed by atoms with Gasteiger partial charge in [0.15, 0.2) is 0 Å². The van der Waals surface area contributed by atoms with Crippen molar-refractivity contribution >= 4 is 32.6 Å². The fourth-order valence-electron chi connectivity index (χ4n) is 8.10. The first-order valence-corrected chi connectivity index (χ1v) is 17.3. The minimum atomic E-state index is -0.0433. The molecule has 1 aromatic heterocycles. The molecule has 10 rings (SSSR count). The molecule has 0 N–H and O–H groups in total. The highest BCUT2D eigenvalue weighted by atomic mass is 15.5. The second-order valence-corrected chi connectivity index (χ2v) is 13.9. The smallest absolute Gasteiger partial charge is 0.122 e. The van der Waals surface area contributed by atoms with E-state index in [0.717, 1.165) is 27.5 Å². The Hall–Kier alpha value is -6.32. The third kappa shape index (κ3) is 4.37. The summed E-state index contributed by atoms with van der Waals surface area (Å²) in [6.07, 6.45) is 0. The molecule has 0 unspecified atom stereocenters. The number of nitrogens with zero attached hydrogens (tertiary/aromatic N) is 3. The van der Waals surface area contributed by atoms with E-state index >= 15 is 0 Å². The van der Waals surface area contributed by atoms with Crippen LogP contribution >= 0.6 is 0 Å². The van der Waals surface area contributed by atoms with Crippen LogP contribution in [0.1, 0.15) is 25.0 Å². The Balaban J connectivity index is 1.08. The highest BCUT2D eigenvalue weighted by molar-refractivity contribution is 6.19. The van der Waals surface area contributed by atoms with Crippen LogP contribution in [0.3, 0.4) is 0 Å². The van der Waals surface area contributed by atoms with Gasteiger partial charge < -0.3 is 0 Å². The monoisotopic (exact) mass is 639 g/mol. The molecule has 1 heterocycles. The van der Waals surface area contributed by atoms with Crippen LogP contribution in [0.25, 0.3) is 82.8 Å². The summed E-state index contributed by atoms with van der Waals surface area (Å²) in [4.78, 5) is 1.74. The van der Waals surface area contributed by atoms with Gasteiger partial charge in [-0.2, -0.15) is 4.80 Å². The fourth-order valence-corrected chi connectivity index (χ4v) is 8.10. The lowest BCUT2D eigenvalue weighted by molar-refractivity contribution is 0.660. The number of para-hydroxylation sites is 1. The topological polar surface area (TPSA) is 30.7 Å². The Kier molecular flexibility index (Phi) is 6.22. The van der Waals surface area contributed by atoms with Gasteiger partial charge in [0.2, 0.25) is 0 Å². The zero-order valence-electron chi connectivity index (χ0n) is 27.9. The van der Waals surface area contributed by atoms with E-state index in [1.54, 1.807) is 4.80 Å². The molecular formula is C47H33N3. The molecule has 0 atom stereocenters. The summed E-state index contributed by atoms with van der Waals surface area (Å²) in [7, 11) is 0. The van der Waals surface area contributed by atoms with Gasteiger partial charge in [-0.05, 0) is 108 Å². The van der Waals surface area contributed by atoms with Gasteiger partial charge >= 0.3 is 0 Å². The van der Waals surface area contributed by atoms with Crippen molar-refractivity contribution in [2.75, 3.05) is 0 Å². The number of fused-ring (bicyclic) bond motifs is 8. The van der Waals surface area contributed by atoms with Crippen LogP contribution in [0.4, 0.5) is 0 Å². The van der Waals surface area contributed by atoms with Crippen LogP contribution in [0.15, 0.2) is 164 Å². The summed E-state index contributed by atoms with van der Waals surface area (Å²) in [6.45, 7) is 4.69. The largest absolute Gasteiger partial charge is 0.150 e. The van der Waals surface area contributed by atoms with Crippen molar-refractivity contribution in [2.45, 2.75) is 19.3 Å². The molecule has 0 amide bonds. The third-order valence-corrected chi connectivity index (χ3v) is 10.7. The van der Waals surface area contributed by atoms with E-state index in [2.05, 4.69) is 147 Å². The van der Waals surface area contributed by atoms with E-state index < -0.39 is 0 Å². The summed E-state index contributed by atoms with van der Waals surface area (Å²) >= 11 is 0. The maximum atomic E-state index is 5.00. The molecule has 1 aliphatic carbocycles. The molecule has 0 aliphatic heterocycles. The standard InChI is InChI=1S/C47H33N3/c1-47(2)42-18-9-8-17-39(42)40-25-23-35(29-43(40)47)38-16-7-6-15-37(38)34-12-10-11-32(27-34)33-22-20-30-19-21-31-24-26-44-46(45(31)41(30)28-33)49-50(48-44)36-13-4-3-5-14-36/h3-29H,1-2H3. The van der Waals surface area contributed by atoms with Crippen molar-refractivity contribution in [3.63, 3.8) is 0 Å². The van der Waals surface area contributed by atoms with Gasteiger partial charge in [0.05, 0.1) is 5.69 Å². The predicted molar refractivity (Wildman–Crippen MR) is 208 cm³/mol. The van der Waals surface area contributed by atoms with Crippen molar-refractivity contribution in [1.29, 1.82) is 0 Å². The van der Waals surface area contributed by atoms with Crippen LogP contribution < -0.4 is 0 Å². The predicted octanol–water partition coefficient (Wildman–Crippen LogP) is 12.0. The van der Waals surface area contributed by atoms with E-state index in [1.807, 2.05) is 30.3 Å². The molecule has 0 spiro atoms. The maximum Gasteiger partial charge on any atom is 0.122 e. The van der Waals surface area contributed by atoms with Crippen molar-refractivity contribution < 1.29 is 0 Å². The Morgan fingerprint density at radius 3 is 1.90 bits per heavy atom. The molecule has 50 heavy (non-hydrogen) atoms. The molecule has 8 aromatic carbocycles. The summed E-state index contributed by atoms with van der Waals surface area (Å²) in [6, 6.07) is 59.2. The Bertz CT molecular complexity index is 2790. The molecule has 9 aromatic rings. The third-order valence-electron chi connectivity index (χ3n) is 10.7. The lowest BCUT2D eigenvalue weighted by atomic mass is 9.81. The van der Waals surface area contributed by atoms with Gasteiger partial charge in [-0.1, -0.05) is 141 Å². The zero-order valence-corrected chi connectivity index (χ0v) is 27.9. The highest BCUT2D eigenvalue weighted by Crippen LogP contribution is 2.50. The molecule has 3 nitrogen and oxygen atoms in total. The molecule has 1 aliphatic rings. The Morgan fingerprint density at radius 1 is 0.440 bits per heavy atom. The number of hydrogen-bond acceptors (Lipinski definition) is 2. The quantitative estimate of drug-likeness (QED) is 0.179. The first-order valence-electron chi connectivity index (χ1n) is 17.3. The van der Waals surface area contributed by atoms with Crippen molar-refractivity contribution in [3.8, 4) is 50.2 Å². The lowest BCUT2D eigenvalue weighted by Gasteiger charge is -2.22. The SMILES string of the molecule is CC1(C)c2ccccc2-c2ccc(-c3ccccc3-c3cccc(-c4ccc5ccc6ccc7nn(-c8ccccc8)nc7c6c5c4)c3)cc21. The van der Waals surface area contributed by atoms with Crippen molar-refractivity contribution in [3.05, 3.63) is 175 Å². The van der Waals surface area contributed by atoms with E-state index in [0.29, 0.717) is 0 Å². The van der Waals surface area contributed by atoms with Gasteiger partial charge in [0, 0.05) is 10.8 Å². The number of benzene rings is 8. The molecule has 0 radical (unpaired) electrons. The van der Waals surface area contributed by atoms with E-state index in [9.17, 15) is 0 Å². The van der Waals surface area contributed by atoms with Gasteiger partial charge in [0.25, 0.3) is 0 Å². The van der Waals surface area contributed by atoms with Crippen LogP contribution in [0.2, 0.25) is 0 Å². The molecule has 0 fully saturated rings. The minimum absolute atomic E-state index is 0.0433. The van der Waals surface area contributed by atoms with Crippen LogP contribution in [-0.2, 0) is 5.41 Å². The number of rotatable bonds is 4. The van der Waals surface area contributed by atoms with E-state index in [-0.39, 0.29) is 5.41 Å². The minimum Gasteiger partial charge on any atom is -0.150 e. The fraction of sp³-hybridized carbons (Fsp3) is 0.0638. The number of aromatic nitrogens is 3. The van der Waals surface area contributed by atoms with Crippen LogP contribution in [-0.4, -0.2) is 15.0 Å². The number of hydrogen-bond donors (Lipinski definition) is 0. The summed E-state index contributed by atoms with van der Waals surface area (Å²) in [5.41, 5.74) is 15.5. The maximum absolute atomic E-state index is 5.00.